The summed E-state index contributed by atoms with van der Waals surface area (Å²) in [6, 6.07) is 1.62. The Labute approximate surface area is 213 Å². The number of hydrogen-bond donors (Lipinski definition) is 1. The van der Waals surface area contributed by atoms with Crippen molar-refractivity contribution in [3.05, 3.63) is 29.5 Å². The maximum Gasteiger partial charge on any atom is 0.410 e. The fraction of sp³-hybridized carbons (Fsp3) is 0.667. The highest BCUT2D eigenvalue weighted by Crippen LogP contribution is 2.36. The second kappa shape index (κ2) is 10.8. The van der Waals surface area contributed by atoms with Crippen molar-refractivity contribution in [1.29, 1.82) is 0 Å². The van der Waals surface area contributed by atoms with Gasteiger partial charge in [-0.1, -0.05) is 6.08 Å². The number of piperidine rings is 1. The standard InChI is InChI=1S/C27H39N3O6/c1-18-11-13-28-24(33-5)23(18)19-7-9-20(10-8-19)35-15-21-27(17-34-16-22(31)29-27)12-6-14-30(21)25(32)36-26(2,3)4/h7,11,13,20-21H,6,8-10,12,14-17H2,1-5H3,(H,29,31)/t20-,21?,27?/m1/s1. The van der Waals surface area contributed by atoms with Gasteiger partial charge in [-0.3, -0.25) is 4.79 Å². The van der Waals surface area contributed by atoms with Gasteiger partial charge in [-0.05, 0) is 77.0 Å². The van der Waals surface area contributed by atoms with Crippen molar-refractivity contribution >= 4 is 17.6 Å². The second-order valence-corrected chi connectivity index (χ2v) is 11.0. The fourth-order valence-corrected chi connectivity index (χ4v) is 5.46. The molecule has 198 valence electrons. The van der Waals surface area contributed by atoms with E-state index in [1.165, 1.54) is 5.57 Å². The van der Waals surface area contributed by atoms with Gasteiger partial charge in [0.15, 0.2) is 0 Å². The van der Waals surface area contributed by atoms with E-state index in [4.69, 9.17) is 18.9 Å². The smallest absolute Gasteiger partial charge is 0.410 e. The average Bonchev–Trinajstić information content (AvgIpc) is 2.82. The molecule has 4 rings (SSSR count). The third-order valence-electron chi connectivity index (χ3n) is 7.14. The molecule has 3 heterocycles. The molecule has 3 aliphatic rings. The summed E-state index contributed by atoms with van der Waals surface area (Å²) in [4.78, 5) is 31.5. The largest absolute Gasteiger partial charge is 0.481 e. The van der Waals surface area contributed by atoms with E-state index in [1.807, 2.05) is 26.8 Å². The first-order valence-corrected chi connectivity index (χ1v) is 12.8. The van der Waals surface area contributed by atoms with Crippen molar-refractivity contribution in [2.75, 3.05) is 33.5 Å². The molecule has 36 heavy (non-hydrogen) atoms. The van der Waals surface area contributed by atoms with Crippen molar-refractivity contribution in [2.45, 2.75) is 83.1 Å². The number of carbonyl (C=O) groups is 2. The number of ether oxygens (including phenoxy) is 4. The van der Waals surface area contributed by atoms with Gasteiger partial charge in [0.2, 0.25) is 11.8 Å². The first kappa shape index (κ1) is 26.4. The van der Waals surface area contributed by atoms with Gasteiger partial charge in [0.05, 0.1) is 38.0 Å². The quantitative estimate of drug-likeness (QED) is 0.658. The number of nitrogens with zero attached hydrogens (tertiary/aromatic N) is 2. The summed E-state index contributed by atoms with van der Waals surface area (Å²) in [5.41, 5.74) is 2.12. The van der Waals surface area contributed by atoms with Crippen molar-refractivity contribution in [3.8, 4) is 5.88 Å². The summed E-state index contributed by atoms with van der Waals surface area (Å²) >= 11 is 0. The number of rotatable bonds is 5. The number of amides is 2. The molecule has 1 aromatic heterocycles. The number of likely N-dealkylation sites (tertiary alicyclic amines) is 1. The molecule has 2 aliphatic heterocycles. The molecular formula is C27H39N3O6. The number of morpholine rings is 1. The van der Waals surface area contributed by atoms with Gasteiger partial charge in [-0.15, -0.1) is 0 Å². The van der Waals surface area contributed by atoms with Crippen molar-refractivity contribution in [1.82, 2.24) is 15.2 Å². The lowest BCUT2D eigenvalue weighted by Crippen LogP contribution is -2.72. The van der Waals surface area contributed by atoms with Crippen LogP contribution in [0.15, 0.2) is 18.3 Å². The van der Waals surface area contributed by atoms with Crippen LogP contribution in [0.5, 0.6) is 5.88 Å². The molecule has 9 nitrogen and oxygen atoms in total. The summed E-state index contributed by atoms with van der Waals surface area (Å²) in [5.74, 6) is 0.481. The molecule has 2 unspecified atom stereocenters. The van der Waals surface area contributed by atoms with E-state index in [0.29, 0.717) is 25.6 Å². The normalized spacial score (nSPS) is 26.9. The van der Waals surface area contributed by atoms with E-state index in [1.54, 1.807) is 18.2 Å². The van der Waals surface area contributed by atoms with E-state index in [9.17, 15) is 9.59 Å². The van der Waals surface area contributed by atoms with Gasteiger partial charge in [-0.2, -0.15) is 0 Å². The van der Waals surface area contributed by atoms with E-state index in [2.05, 4.69) is 23.3 Å². The molecule has 1 aliphatic carbocycles. The number of hydrogen-bond acceptors (Lipinski definition) is 7. The van der Waals surface area contributed by atoms with Gasteiger partial charge >= 0.3 is 6.09 Å². The molecule has 0 saturated carbocycles. The number of methoxy groups -OCH3 is 1. The van der Waals surface area contributed by atoms with Crippen LogP contribution in [0.3, 0.4) is 0 Å². The summed E-state index contributed by atoms with van der Waals surface area (Å²) < 4.78 is 23.3. The lowest BCUT2D eigenvalue weighted by atomic mass is 9.81. The lowest BCUT2D eigenvalue weighted by molar-refractivity contribution is -0.144. The number of allylic oxidation sites excluding steroid dienone is 1. The minimum Gasteiger partial charge on any atom is -0.481 e. The van der Waals surface area contributed by atoms with Crippen molar-refractivity contribution in [3.63, 3.8) is 0 Å². The zero-order valence-corrected chi connectivity index (χ0v) is 22.1. The molecule has 3 atom stereocenters. The lowest BCUT2D eigenvalue weighted by Gasteiger charge is -2.51. The Bertz CT molecular complexity index is 1000. The molecule has 9 heteroatoms. The first-order valence-electron chi connectivity index (χ1n) is 12.8. The molecule has 1 N–H and O–H groups in total. The molecular weight excluding hydrogens is 462 g/mol. The second-order valence-electron chi connectivity index (χ2n) is 11.0. The summed E-state index contributed by atoms with van der Waals surface area (Å²) in [6.07, 6.45) is 7.50. The first-order chi connectivity index (χ1) is 17.1. The third kappa shape index (κ3) is 5.83. The molecule has 1 spiro atoms. The van der Waals surface area contributed by atoms with E-state index >= 15 is 0 Å². The van der Waals surface area contributed by atoms with Crippen LogP contribution in [0.4, 0.5) is 4.79 Å². The summed E-state index contributed by atoms with van der Waals surface area (Å²) in [5, 5.41) is 3.14. The third-order valence-corrected chi connectivity index (χ3v) is 7.14. The zero-order chi connectivity index (χ0) is 25.9. The number of nitrogens with one attached hydrogen (secondary N) is 1. The number of aryl methyl sites for hydroxylation is 1. The van der Waals surface area contributed by atoms with Crippen LogP contribution in [0.1, 0.15) is 64.0 Å². The number of aromatic nitrogens is 1. The summed E-state index contributed by atoms with van der Waals surface area (Å²) in [6.45, 7) is 8.86. The van der Waals surface area contributed by atoms with E-state index in [-0.39, 0.29) is 30.8 Å². The SMILES string of the molecule is COc1nccc(C)c1C1=CC[C@@H](OCC2N(C(=O)OC(C)(C)C)CCCC23COCC(=O)N3)CC1. The van der Waals surface area contributed by atoms with Crippen molar-refractivity contribution in [2.24, 2.45) is 0 Å². The van der Waals surface area contributed by atoms with Gasteiger partial charge < -0.3 is 29.2 Å². The highest BCUT2D eigenvalue weighted by Gasteiger charge is 2.50. The minimum atomic E-state index is -0.680. The molecule has 2 fully saturated rings. The molecule has 0 radical (unpaired) electrons. The zero-order valence-electron chi connectivity index (χ0n) is 22.1. The van der Waals surface area contributed by atoms with Gasteiger partial charge in [0.25, 0.3) is 0 Å². The number of carbonyl (C=O) groups excluding carboxylic acids is 2. The van der Waals surface area contributed by atoms with Gasteiger partial charge in [-0.25, -0.2) is 9.78 Å². The Hall–Kier alpha value is -2.65. The minimum absolute atomic E-state index is 0.0106. The Morgan fingerprint density at radius 2 is 2.17 bits per heavy atom. The molecule has 0 bridgehead atoms. The van der Waals surface area contributed by atoms with Crippen LogP contribution < -0.4 is 10.1 Å². The van der Waals surface area contributed by atoms with Crippen LogP contribution in [0.25, 0.3) is 5.57 Å². The Morgan fingerprint density at radius 1 is 1.36 bits per heavy atom. The Kier molecular flexibility index (Phi) is 7.90. The van der Waals surface area contributed by atoms with E-state index in [0.717, 1.165) is 43.2 Å². The number of pyridine rings is 1. The van der Waals surface area contributed by atoms with E-state index < -0.39 is 11.1 Å². The van der Waals surface area contributed by atoms with Gasteiger partial charge in [0, 0.05) is 18.3 Å². The molecule has 2 amide bonds. The predicted octanol–water partition coefficient (Wildman–Crippen LogP) is 3.64. The average molecular weight is 502 g/mol. The Morgan fingerprint density at radius 3 is 2.83 bits per heavy atom. The highest BCUT2D eigenvalue weighted by molar-refractivity contribution is 5.79. The summed E-state index contributed by atoms with van der Waals surface area (Å²) in [7, 11) is 1.64. The topological polar surface area (TPSA) is 99.2 Å². The molecule has 2 saturated heterocycles. The fourth-order valence-electron chi connectivity index (χ4n) is 5.46. The van der Waals surface area contributed by atoms with Crippen LogP contribution >= 0.6 is 0 Å². The molecule has 0 aromatic carbocycles. The van der Waals surface area contributed by atoms with Crippen LogP contribution in [0, 0.1) is 6.92 Å². The van der Waals surface area contributed by atoms with Crippen LogP contribution in [-0.4, -0.2) is 78.6 Å². The van der Waals surface area contributed by atoms with Crippen molar-refractivity contribution < 1.29 is 28.5 Å². The van der Waals surface area contributed by atoms with Crippen LogP contribution in [-0.2, 0) is 19.0 Å². The monoisotopic (exact) mass is 501 g/mol. The maximum absolute atomic E-state index is 13.1. The maximum atomic E-state index is 13.1. The van der Waals surface area contributed by atoms with Gasteiger partial charge in [0.1, 0.15) is 12.2 Å². The molecule has 1 aromatic rings. The highest BCUT2D eigenvalue weighted by atomic mass is 16.6. The predicted molar refractivity (Wildman–Crippen MR) is 135 cm³/mol. The Balaban J connectivity index is 1.49. The van der Waals surface area contributed by atoms with Crippen LogP contribution in [0.2, 0.25) is 0 Å².